The van der Waals surface area contributed by atoms with Crippen LogP contribution in [0, 0.1) is 5.92 Å². The molecule has 90 valence electrons. The Hall–Kier alpha value is -1.43. The van der Waals surface area contributed by atoms with Crippen molar-refractivity contribution in [3.8, 4) is 0 Å². The fourth-order valence-corrected chi connectivity index (χ4v) is 1.53. The van der Waals surface area contributed by atoms with Crippen LogP contribution in [0.1, 0.15) is 42.9 Å². The second kappa shape index (κ2) is 5.07. The van der Waals surface area contributed by atoms with Crippen LogP contribution in [0.4, 0.5) is 0 Å². The average Bonchev–Trinajstić information content (AvgIpc) is 2.61. The number of rotatable bonds is 5. The zero-order chi connectivity index (χ0) is 12.3. The number of hydrogen-bond donors (Lipinski definition) is 2. The zero-order valence-corrected chi connectivity index (χ0v) is 9.71. The molecule has 1 atom stereocenters. The SMILES string of the molecule is CC(CO)Cn1nnc(C(=O)O)c1C(C)C. The molecule has 0 aliphatic carbocycles. The lowest BCUT2D eigenvalue weighted by molar-refractivity contribution is 0.0688. The number of aromatic nitrogens is 3. The minimum absolute atomic E-state index is 0.000129. The smallest absolute Gasteiger partial charge is 0.358 e. The van der Waals surface area contributed by atoms with E-state index < -0.39 is 5.97 Å². The van der Waals surface area contributed by atoms with Crippen LogP contribution in [-0.2, 0) is 6.54 Å². The highest BCUT2D eigenvalue weighted by molar-refractivity contribution is 5.86. The number of aliphatic hydroxyl groups is 1. The molecule has 0 amide bonds. The Kier molecular flexibility index (Phi) is 4.00. The Labute approximate surface area is 93.9 Å². The number of carboxylic acid groups (broad SMARTS) is 1. The van der Waals surface area contributed by atoms with Crippen LogP contribution in [0.2, 0.25) is 0 Å². The molecule has 1 rings (SSSR count). The summed E-state index contributed by atoms with van der Waals surface area (Å²) in [5.74, 6) is -1.00. The summed E-state index contributed by atoms with van der Waals surface area (Å²) in [5, 5.41) is 25.4. The Morgan fingerprint density at radius 1 is 1.44 bits per heavy atom. The van der Waals surface area contributed by atoms with Crippen molar-refractivity contribution in [2.24, 2.45) is 5.92 Å². The van der Waals surface area contributed by atoms with E-state index in [4.69, 9.17) is 10.2 Å². The minimum atomic E-state index is -1.06. The summed E-state index contributed by atoms with van der Waals surface area (Å²) in [7, 11) is 0. The van der Waals surface area contributed by atoms with Crippen LogP contribution in [0.15, 0.2) is 0 Å². The van der Waals surface area contributed by atoms with Crippen molar-refractivity contribution in [2.75, 3.05) is 6.61 Å². The largest absolute Gasteiger partial charge is 0.476 e. The fourth-order valence-electron chi connectivity index (χ4n) is 1.53. The third-order valence-electron chi connectivity index (χ3n) is 2.32. The molecule has 6 heteroatoms. The van der Waals surface area contributed by atoms with Crippen LogP contribution < -0.4 is 0 Å². The van der Waals surface area contributed by atoms with E-state index in [0.29, 0.717) is 12.2 Å². The minimum Gasteiger partial charge on any atom is -0.476 e. The second-order valence-corrected chi connectivity index (χ2v) is 4.25. The molecule has 0 aliphatic heterocycles. The molecular formula is C10H17N3O3. The molecule has 0 aromatic carbocycles. The molecule has 2 N–H and O–H groups in total. The second-order valence-electron chi connectivity index (χ2n) is 4.25. The number of hydrogen-bond acceptors (Lipinski definition) is 4. The van der Waals surface area contributed by atoms with Gasteiger partial charge in [0.1, 0.15) is 0 Å². The van der Waals surface area contributed by atoms with Crippen molar-refractivity contribution >= 4 is 5.97 Å². The maximum atomic E-state index is 10.9. The molecular weight excluding hydrogens is 210 g/mol. The topological polar surface area (TPSA) is 88.2 Å². The van der Waals surface area contributed by atoms with E-state index in [1.165, 1.54) is 0 Å². The molecule has 0 aliphatic rings. The van der Waals surface area contributed by atoms with Crippen LogP contribution in [0.5, 0.6) is 0 Å². The molecule has 1 unspecified atom stereocenters. The van der Waals surface area contributed by atoms with Gasteiger partial charge in [-0.05, 0) is 11.8 Å². The first-order valence-corrected chi connectivity index (χ1v) is 5.24. The molecule has 1 aromatic heterocycles. The van der Waals surface area contributed by atoms with E-state index in [1.807, 2.05) is 20.8 Å². The molecule has 0 fully saturated rings. The number of carboxylic acids is 1. The molecule has 1 aromatic rings. The van der Waals surface area contributed by atoms with Crippen LogP contribution in [-0.4, -0.2) is 37.8 Å². The van der Waals surface area contributed by atoms with Gasteiger partial charge >= 0.3 is 5.97 Å². The molecule has 0 saturated heterocycles. The maximum absolute atomic E-state index is 10.9. The summed E-state index contributed by atoms with van der Waals surface area (Å²) in [6, 6.07) is 0. The summed E-state index contributed by atoms with van der Waals surface area (Å²) in [4.78, 5) is 10.9. The van der Waals surface area contributed by atoms with Crippen molar-refractivity contribution in [3.63, 3.8) is 0 Å². The first-order chi connectivity index (χ1) is 7.47. The van der Waals surface area contributed by atoms with Gasteiger partial charge in [-0.1, -0.05) is 26.0 Å². The quantitative estimate of drug-likeness (QED) is 0.774. The molecule has 0 saturated carbocycles. The third kappa shape index (κ3) is 2.57. The van der Waals surface area contributed by atoms with Gasteiger partial charge in [-0.3, -0.25) is 0 Å². The molecule has 16 heavy (non-hydrogen) atoms. The summed E-state index contributed by atoms with van der Waals surface area (Å²) in [6.07, 6.45) is 0. The van der Waals surface area contributed by atoms with E-state index in [0.717, 1.165) is 0 Å². The van der Waals surface area contributed by atoms with E-state index in [1.54, 1.807) is 4.68 Å². The zero-order valence-electron chi connectivity index (χ0n) is 9.71. The molecule has 0 radical (unpaired) electrons. The number of aliphatic hydroxyl groups excluding tert-OH is 1. The van der Waals surface area contributed by atoms with Gasteiger partial charge < -0.3 is 10.2 Å². The van der Waals surface area contributed by atoms with Gasteiger partial charge in [-0.25, -0.2) is 9.48 Å². The summed E-state index contributed by atoms with van der Waals surface area (Å²) >= 11 is 0. The van der Waals surface area contributed by atoms with E-state index in [9.17, 15) is 4.79 Å². The first kappa shape index (κ1) is 12.6. The van der Waals surface area contributed by atoms with Gasteiger partial charge in [0.2, 0.25) is 0 Å². The highest BCUT2D eigenvalue weighted by Gasteiger charge is 2.21. The molecule has 6 nitrogen and oxygen atoms in total. The Morgan fingerprint density at radius 2 is 2.06 bits per heavy atom. The summed E-state index contributed by atoms with van der Waals surface area (Å²) in [5.41, 5.74) is 0.605. The lowest BCUT2D eigenvalue weighted by Crippen LogP contribution is -2.16. The molecule has 0 bridgehead atoms. The Morgan fingerprint density at radius 3 is 2.50 bits per heavy atom. The van der Waals surface area contributed by atoms with Crippen LogP contribution in [0.25, 0.3) is 0 Å². The fraction of sp³-hybridized carbons (Fsp3) is 0.700. The number of aromatic carboxylic acids is 1. The van der Waals surface area contributed by atoms with Gasteiger partial charge in [0.15, 0.2) is 5.69 Å². The molecule has 0 spiro atoms. The Bertz CT molecular complexity index is 373. The van der Waals surface area contributed by atoms with Crippen LogP contribution >= 0.6 is 0 Å². The van der Waals surface area contributed by atoms with Crippen LogP contribution in [0.3, 0.4) is 0 Å². The van der Waals surface area contributed by atoms with Gasteiger partial charge in [0.05, 0.1) is 5.69 Å². The first-order valence-electron chi connectivity index (χ1n) is 5.24. The maximum Gasteiger partial charge on any atom is 0.358 e. The monoisotopic (exact) mass is 227 g/mol. The number of carbonyl (C=O) groups is 1. The molecule has 1 heterocycles. The standard InChI is InChI=1S/C10H17N3O3/c1-6(2)9-8(10(15)16)11-12-13(9)4-7(3)5-14/h6-7,14H,4-5H2,1-3H3,(H,15,16). The van der Waals surface area contributed by atoms with Crippen molar-refractivity contribution in [2.45, 2.75) is 33.2 Å². The average molecular weight is 227 g/mol. The lowest BCUT2D eigenvalue weighted by Gasteiger charge is -2.12. The van der Waals surface area contributed by atoms with E-state index >= 15 is 0 Å². The van der Waals surface area contributed by atoms with Gasteiger partial charge in [-0.2, -0.15) is 0 Å². The van der Waals surface area contributed by atoms with Crippen molar-refractivity contribution in [1.82, 2.24) is 15.0 Å². The van der Waals surface area contributed by atoms with Gasteiger partial charge in [0.25, 0.3) is 0 Å². The normalized spacial score (nSPS) is 13.1. The summed E-state index contributed by atoms with van der Waals surface area (Å²) < 4.78 is 1.56. The van der Waals surface area contributed by atoms with Crippen molar-refractivity contribution < 1.29 is 15.0 Å². The summed E-state index contributed by atoms with van der Waals surface area (Å²) in [6.45, 7) is 6.17. The van der Waals surface area contributed by atoms with E-state index in [2.05, 4.69) is 10.3 Å². The third-order valence-corrected chi connectivity index (χ3v) is 2.32. The lowest BCUT2D eigenvalue weighted by atomic mass is 10.1. The van der Waals surface area contributed by atoms with Gasteiger partial charge in [0, 0.05) is 13.2 Å². The number of nitrogens with zero attached hydrogens (tertiary/aromatic N) is 3. The predicted octanol–water partition coefficient (Wildman–Crippen LogP) is 0.728. The van der Waals surface area contributed by atoms with E-state index in [-0.39, 0.29) is 24.1 Å². The highest BCUT2D eigenvalue weighted by atomic mass is 16.4. The highest BCUT2D eigenvalue weighted by Crippen LogP contribution is 2.18. The Balaban J connectivity index is 3.05. The van der Waals surface area contributed by atoms with Gasteiger partial charge in [-0.15, -0.1) is 5.10 Å². The predicted molar refractivity (Wildman–Crippen MR) is 57.3 cm³/mol. The van der Waals surface area contributed by atoms with Crippen molar-refractivity contribution in [3.05, 3.63) is 11.4 Å². The van der Waals surface area contributed by atoms with Crippen molar-refractivity contribution in [1.29, 1.82) is 0 Å².